The van der Waals surface area contributed by atoms with Gasteiger partial charge in [-0.15, -0.1) is 0 Å². The third kappa shape index (κ3) is 5.12. The van der Waals surface area contributed by atoms with Gasteiger partial charge >= 0.3 is 5.69 Å². The van der Waals surface area contributed by atoms with Crippen LogP contribution in [0.15, 0.2) is 71.5 Å². The van der Waals surface area contributed by atoms with Crippen LogP contribution in [0.3, 0.4) is 0 Å². The second kappa shape index (κ2) is 10.5. The number of amides is 1. The molecule has 0 radical (unpaired) electrons. The molecule has 0 unspecified atom stereocenters. The second-order valence-electron chi connectivity index (χ2n) is 9.99. The van der Waals surface area contributed by atoms with Gasteiger partial charge in [0.05, 0.1) is 23.8 Å². The lowest BCUT2D eigenvalue weighted by molar-refractivity contribution is -0.121. The number of aromatic amines is 1. The highest BCUT2D eigenvalue weighted by atomic mass is 16.5. The van der Waals surface area contributed by atoms with Gasteiger partial charge in [0.25, 0.3) is 0 Å². The van der Waals surface area contributed by atoms with E-state index in [0.29, 0.717) is 0 Å². The SMILES string of the molecule is COc1cc(NC(=O)C2CCC(n3c(=O)[nH]c4c(N(C)Cc5ccccc5)cccc43)CC2)ccc1C. The number of aryl methyl sites for hydroxylation is 1. The van der Waals surface area contributed by atoms with E-state index in [2.05, 4.69) is 27.3 Å². The standard InChI is InChI=1S/C30H34N4O3/c1-20-12-15-23(18-27(20)37-3)31-29(35)22-13-16-24(17-14-22)34-26-11-7-10-25(28(26)32-30(34)36)33(2)19-21-8-5-4-6-9-21/h4-12,15,18,22,24H,13-14,16-17,19H2,1-3H3,(H,31,35)(H,32,36). The maximum Gasteiger partial charge on any atom is 0.326 e. The predicted octanol–water partition coefficient (Wildman–Crippen LogP) is 5.65. The van der Waals surface area contributed by atoms with Crippen molar-refractivity contribution < 1.29 is 9.53 Å². The van der Waals surface area contributed by atoms with Crippen molar-refractivity contribution in [1.29, 1.82) is 0 Å². The van der Waals surface area contributed by atoms with Crippen molar-refractivity contribution in [3.8, 4) is 5.75 Å². The van der Waals surface area contributed by atoms with Crippen LogP contribution in [0.25, 0.3) is 11.0 Å². The molecule has 4 aromatic rings. The molecule has 0 bridgehead atoms. The Morgan fingerprint density at radius 3 is 2.54 bits per heavy atom. The number of ether oxygens (including phenoxy) is 1. The number of H-pyrrole nitrogens is 1. The molecule has 3 aromatic carbocycles. The van der Waals surface area contributed by atoms with Crippen molar-refractivity contribution in [2.75, 3.05) is 24.4 Å². The van der Waals surface area contributed by atoms with Crippen LogP contribution in [-0.4, -0.2) is 29.6 Å². The number of para-hydroxylation sites is 1. The first-order valence-electron chi connectivity index (χ1n) is 12.9. The van der Waals surface area contributed by atoms with Gasteiger partial charge in [0.1, 0.15) is 5.75 Å². The fraction of sp³-hybridized carbons (Fsp3) is 0.333. The van der Waals surface area contributed by atoms with Crippen molar-refractivity contribution in [2.45, 2.75) is 45.2 Å². The molecule has 1 aromatic heterocycles. The normalized spacial score (nSPS) is 17.5. The van der Waals surface area contributed by atoms with E-state index >= 15 is 0 Å². The molecule has 0 atom stereocenters. The zero-order chi connectivity index (χ0) is 25.9. The van der Waals surface area contributed by atoms with Gasteiger partial charge in [0.2, 0.25) is 5.91 Å². The Hall–Kier alpha value is -4.00. The number of imidazole rings is 1. The fourth-order valence-electron chi connectivity index (χ4n) is 5.50. The highest BCUT2D eigenvalue weighted by Gasteiger charge is 2.29. The summed E-state index contributed by atoms with van der Waals surface area (Å²) in [5.41, 5.74) is 5.67. The summed E-state index contributed by atoms with van der Waals surface area (Å²) in [5.74, 6) is 0.714. The zero-order valence-electron chi connectivity index (χ0n) is 21.7. The minimum Gasteiger partial charge on any atom is -0.496 e. The Bertz CT molecular complexity index is 1450. The number of hydrogen-bond acceptors (Lipinski definition) is 4. The first-order chi connectivity index (χ1) is 17.9. The summed E-state index contributed by atoms with van der Waals surface area (Å²) in [6.45, 7) is 2.73. The summed E-state index contributed by atoms with van der Waals surface area (Å²) >= 11 is 0. The number of methoxy groups -OCH3 is 1. The van der Waals surface area contributed by atoms with Crippen molar-refractivity contribution in [1.82, 2.24) is 9.55 Å². The number of anilines is 2. The van der Waals surface area contributed by atoms with Crippen molar-refractivity contribution in [3.05, 3.63) is 88.3 Å². The number of fused-ring (bicyclic) bond motifs is 1. The van der Waals surface area contributed by atoms with E-state index in [1.807, 2.05) is 73.1 Å². The lowest BCUT2D eigenvalue weighted by Crippen LogP contribution is -2.31. The Balaban J connectivity index is 1.29. The van der Waals surface area contributed by atoms with Crippen molar-refractivity contribution >= 4 is 28.3 Å². The van der Waals surface area contributed by atoms with Crippen molar-refractivity contribution in [3.63, 3.8) is 0 Å². The molecule has 5 rings (SSSR count). The second-order valence-corrected chi connectivity index (χ2v) is 9.99. The van der Waals surface area contributed by atoms with Gasteiger partial charge in [-0.3, -0.25) is 9.36 Å². The molecule has 1 heterocycles. The Kier molecular flexibility index (Phi) is 7.04. The van der Waals surface area contributed by atoms with Gasteiger partial charge in [-0.25, -0.2) is 4.79 Å². The number of nitrogens with zero attached hydrogens (tertiary/aromatic N) is 2. The van der Waals surface area contributed by atoms with Gasteiger partial charge in [0, 0.05) is 37.3 Å². The van der Waals surface area contributed by atoms with Crippen molar-refractivity contribution in [2.24, 2.45) is 5.92 Å². The number of nitrogens with one attached hydrogen (secondary N) is 2. The molecule has 7 heteroatoms. The zero-order valence-corrected chi connectivity index (χ0v) is 21.7. The van der Waals surface area contributed by atoms with Crippen LogP contribution in [-0.2, 0) is 11.3 Å². The van der Waals surface area contributed by atoms with Crippen LogP contribution in [0.4, 0.5) is 11.4 Å². The van der Waals surface area contributed by atoms with Gasteiger partial charge in [-0.05, 0) is 61.9 Å². The van der Waals surface area contributed by atoms with Crippen LogP contribution in [0.1, 0.15) is 42.9 Å². The average Bonchev–Trinajstić information content (AvgIpc) is 3.26. The summed E-state index contributed by atoms with van der Waals surface area (Å²) in [6.07, 6.45) is 3.05. The molecule has 1 aliphatic rings. The molecule has 1 amide bonds. The molecule has 0 saturated heterocycles. The highest BCUT2D eigenvalue weighted by Crippen LogP contribution is 2.35. The van der Waals surface area contributed by atoms with E-state index in [-0.39, 0.29) is 23.6 Å². The molecule has 1 fully saturated rings. The molecule has 2 N–H and O–H groups in total. The van der Waals surface area contributed by atoms with E-state index in [0.717, 1.165) is 65.9 Å². The van der Waals surface area contributed by atoms with E-state index < -0.39 is 0 Å². The predicted molar refractivity (Wildman–Crippen MR) is 148 cm³/mol. The average molecular weight is 499 g/mol. The van der Waals surface area contributed by atoms with Gasteiger partial charge in [-0.2, -0.15) is 0 Å². The number of hydrogen-bond donors (Lipinski definition) is 2. The molecule has 0 aliphatic heterocycles. The summed E-state index contributed by atoms with van der Waals surface area (Å²) < 4.78 is 7.27. The minimum atomic E-state index is -0.0878. The monoisotopic (exact) mass is 498 g/mol. The van der Waals surface area contributed by atoms with E-state index in [4.69, 9.17) is 4.74 Å². The number of carbonyl (C=O) groups excluding carboxylic acids is 1. The molecule has 1 saturated carbocycles. The largest absolute Gasteiger partial charge is 0.496 e. The van der Waals surface area contributed by atoms with Crippen LogP contribution in [0, 0.1) is 12.8 Å². The molecule has 0 spiro atoms. The minimum absolute atomic E-state index is 0.0282. The number of aromatic nitrogens is 2. The molecular formula is C30H34N4O3. The van der Waals surface area contributed by atoms with Gasteiger partial charge in [0.15, 0.2) is 0 Å². The van der Waals surface area contributed by atoms with E-state index in [1.165, 1.54) is 5.56 Å². The first-order valence-corrected chi connectivity index (χ1v) is 12.9. The number of rotatable bonds is 7. The highest BCUT2D eigenvalue weighted by molar-refractivity contribution is 5.93. The molecule has 37 heavy (non-hydrogen) atoms. The lowest BCUT2D eigenvalue weighted by Gasteiger charge is -2.28. The quantitative estimate of drug-likeness (QED) is 0.345. The van der Waals surface area contributed by atoms with Crippen LogP contribution < -0.4 is 20.6 Å². The summed E-state index contributed by atoms with van der Waals surface area (Å²) in [6, 6.07) is 22.1. The molecule has 1 aliphatic carbocycles. The lowest BCUT2D eigenvalue weighted by atomic mass is 9.85. The fourth-order valence-corrected chi connectivity index (χ4v) is 5.50. The third-order valence-corrected chi connectivity index (χ3v) is 7.51. The number of benzene rings is 3. The maximum atomic E-state index is 13.1. The maximum absolute atomic E-state index is 13.1. The van der Waals surface area contributed by atoms with Gasteiger partial charge in [-0.1, -0.05) is 42.5 Å². The first kappa shape index (κ1) is 24.7. The Morgan fingerprint density at radius 2 is 1.81 bits per heavy atom. The van der Waals surface area contributed by atoms with Crippen LogP contribution in [0.5, 0.6) is 5.75 Å². The van der Waals surface area contributed by atoms with Gasteiger partial charge < -0.3 is 19.9 Å². The molecule has 192 valence electrons. The Labute approximate surface area is 217 Å². The third-order valence-electron chi connectivity index (χ3n) is 7.51. The van der Waals surface area contributed by atoms with E-state index in [9.17, 15) is 9.59 Å². The molecule has 7 nitrogen and oxygen atoms in total. The Morgan fingerprint density at radius 1 is 1.05 bits per heavy atom. The number of carbonyl (C=O) groups is 1. The van der Waals surface area contributed by atoms with Crippen LogP contribution in [0.2, 0.25) is 0 Å². The smallest absolute Gasteiger partial charge is 0.326 e. The topological polar surface area (TPSA) is 79.4 Å². The summed E-state index contributed by atoms with van der Waals surface area (Å²) in [7, 11) is 3.68. The van der Waals surface area contributed by atoms with Crippen LogP contribution >= 0.6 is 0 Å². The molecular weight excluding hydrogens is 464 g/mol. The summed E-state index contributed by atoms with van der Waals surface area (Å²) in [4.78, 5) is 31.4. The summed E-state index contributed by atoms with van der Waals surface area (Å²) in [5, 5.41) is 3.04. The van der Waals surface area contributed by atoms with E-state index in [1.54, 1.807) is 7.11 Å².